The second kappa shape index (κ2) is 3.12. The van der Waals surface area contributed by atoms with Gasteiger partial charge in [0.15, 0.2) is 0 Å². The minimum Gasteiger partial charge on any atom is -0.244 e. The van der Waals surface area contributed by atoms with E-state index in [1.807, 2.05) is 0 Å². The molecule has 0 atom stereocenters. The van der Waals surface area contributed by atoms with Crippen molar-refractivity contribution in [2.45, 2.75) is 52.1 Å². The Balaban J connectivity index is 2.36. The Hall–Kier alpha value is -0.0700. The molecule has 0 spiro atoms. The average Bonchev–Trinajstić information content (AvgIpc) is 1.86. The lowest BCUT2D eigenvalue weighted by atomic mass is 9.76. The SMILES string of the molecule is CC(C)C1CCC(C)(F)CC1. The van der Waals surface area contributed by atoms with Crippen molar-refractivity contribution < 1.29 is 4.39 Å². The van der Waals surface area contributed by atoms with Crippen molar-refractivity contribution in [1.29, 1.82) is 0 Å². The summed E-state index contributed by atoms with van der Waals surface area (Å²) in [5.41, 5.74) is -0.856. The molecule has 0 nitrogen and oxygen atoms in total. The number of halogens is 1. The highest BCUT2D eigenvalue weighted by Crippen LogP contribution is 2.37. The molecule has 0 aliphatic heterocycles. The number of alkyl halides is 1. The summed E-state index contributed by atoms with van der Waals surface area (Å²) in [5.74, 6) is 1.52. The third-order valence-corrected chi connectivity index (χ3v) is 3.02. The van der Waals surface area contributed by atoms with Crippen LogP contribution in [0.3, 0.4) is 0 Å². The largest absolute Gasteiger partial charge is 0.244 e. The molecule has 1 saturated carbocycles. The zero-order chi connectivity index (χ0) is 8.48. The van der Waals surface area contributed by atoms with E-state index in [4.69, 9.17) is 0 Å². The molecule has 0 aromatic heterocycles. The van der Waals surface area contributed by atoms with E-state index >= 15 is 0 Å². The summed E-state index contributed by atoms with van der Waals surface area (Å²) in [4.78, 5) is 0. The van der Waals surface area contributed by atoms with Gasteiger partial charge in [-0.1, -0.05) is 13.8 Å². The summed E-state index contributed by atoms with van der Waals surface area (Å²) in [6, 6.07) is 0. The predicted molar refractivity (Wildman–Crippen MR) is 46.3 cm³/mol. The van der Waals surface area contributed by atoms with Crippen LogP contribution in [0.2, 0.25) is 0 Å². The Morgan fingerprint density at radius 3 is 2.09 bits per heavy atom. The Bertz CT molecular complexity index is 117. The van der Waals surface area contributed by atoms with Crippen LogP contribution in [0, 0.1) is 11.8 Å². The quantitative estimate of drug-likeness (QED) is 0.547. The maximum absolute atomic E-state index is 13.3. The fourth-order valence-electron chi connectivity index (χ4n) is 1.91. The van der Waals surface area contributed by atoms with Gasteiger partial charge < -0.3 is 0 Å². The van der Waals surface area contributed by atoms with Gasteiger partial charge in [-0.25, -0.2) is 4.39 Å². The third-order valence-electron chi connectivity index (χ3n) is 3.02. The molecule has 0 radical (unpaired) electrons. The summed E-state index contributed by atoms with van der Waals surface area (Å²) in [7, 11) is 0. The van der Waals surface area contributed by atoms with Crippen LogP contribution in [-0.2, 0) is 0 Å². The van der Waals surface area contributed by atoms with Crippen molar-refractivity contribution in [2.75, 3.05) is 0 Å². The van der Waals surface area contributed by atoms with Crippen molar-refractivity contribution in [2.24, 2.45) is 11.8 Å². The van der Waals surface area contributed by atoms with Crippen molar-refractivity contribution in [3.8, 4) is 0 Å². The van der Waals surface area contributed by atoms with Gasteiger partial charge >= 0.3 is 0 Å². The zero-order valence-corrected chi connectivity index (χ0v) is 7.86. The van der Waals surface area contributed by atoms with Crippen LogP contribution >= 0.6 is 0 Å². The van der Waals surface area contributed by atoms with Crippen LogP contribution in [0.25, 0.3) is 0 Å². The molecule has 1 rings (SSSR count). The van der Waals surface area contributed by atoms with Crippen LogP contribution in [0.5, 0.6) is 0 Å². The summed E-state index contributed by atoms with van der Waals surface area (Å²) < 4.78 is 13.3. The minimum atomic E-state index is -0.856. The van der Waals surface area contributed by atoms with E-state index in [1.54, 1.807) is 6.92 Å². The Labute approximate surface area is 69.2 Å². The van der Waals surface area contributed by atoms with Gasteiger partial charge in [-0.2, -0.15) is 0 Å². The van der Waals surface area contributed by atoms with Crippen LogP contribution in [-0.4, -0.2) is 5.67 Å². The van der Waals surface area contributed by atoms with Crippen molar-refractivity contribution in [1.82, 2.24) is 0 Å². The molecule has 11 heavy (non-hydrogen) atoms. The standard InChI is InChI=1S/C10H19F/c1-8(2)9-4-6-10(3,11)7-5-9/h8-9H,4-7H2,1-3H3. The summed E-state index contributed by atoms with van der Waals surface area (Å²) in [6.07, 6.45) is 3.72. The third kappa shape index (κ3) is 2.46. The molecule has 0 heterocycles. The normalized spacial score (nSPS) is 39.5. The monoisotopic (exact) mass is 158 g/mol. The molecule has 0 aromatic rings. The first kappa shape index (κ1) is 9.02. The summed E-state index contributed by atoms with van der Waals surface area (Å²) in [6.45, 7) is 6.22. The van der Waals surface area contributed by atoms with Gasteiger partial charge in [-0.05, 0) is 44.4 Å². The highest BCUT2D eigenvalue weighted by molar-refractivity contribution is 4.82. The van der Waals surface area contributed by atoms with E-state index in [2.05, 4.69) is 13.8 Å². The lowest BCUT2D eigenvalue weighted by Crippen LogP contribution is -2.27. The molecular weight excluding hydrogens is 139 g/mol. The van der Waals surface area contributed by atoms with Gasteiger partial charge in [-0.15, -0.1) is 0 Å². The first-order valence-corrected chi connectivity index (χ1v) is 4.70. The Kier molecular flexibility index (Phi) is 2.56. The molecule has 0 amide bonds. The molecule has 0 aromatic carbocycles. The molecule has 0 saturated heterocycles. The Morgan fingerprint density at radius 1 is 1.27 bits per heavy atom. The van der Waals surface area contributed by atoms with E-state index in [1.165, 1.54) is 0 Å². The van der Waals surface area contributed by atoms with E-state index in [0.29, 0.717) is 0 Å². The minimum absolute atomic E-state index is 0.742. The average molecular weight is 158 g/mol. The fourth-order valence-corrected chi connectivity index (χ4v) is 1.91. The van der Waals surface area contributed by atoms with Gasteiger partial charge in [0.2, 0.25) is 0 Å². The van der Waals surface area contributed by atoms with E-state index in [9.17, 15) is 4.39 Å². The molecule has 1 aliphatic rings. The molecule has 0 bridgehead atoms. The van der Waals surface area contributed by atoms with E-state index < -0.39 is 5.67 Å². The van der Waals surface area contributed by atoms with E-state index in [-0.39, 0.29) is 0 Å². The molecule has 1 heteroatoms. The van der Waals surface area contributed by atoms with Gasteiger partial charge in [0.1, 0.15) is 5.67 Å². The molecule has 0 unspecified atom stereocenters. The van der Waals surface area contributed by atoms with Gasteiger partial charge in [0.05, 0.1) is 0 Å². The van der Waals surface area contributed by atoms with Gasteiger partial charge in [0, 0.05) is 0 Å². The zero-order valence-electron chi connectivity index (χ0n) is 7.86. The first-order valence-electron chi connectivity index (χ1n) is 4.70. The smallest absolute Gasteiger partial charge is 0.108 e. The fraction of sp³-hybridized carbons (Fsp3) is 1.00. The van der Waals surface area contributed by atoms with Crippen molar-refractivity contribution in [3.05, 3.63) is 0 Å². The Morgan fingerprint density at radius 2 is 1.73 bits per heavy atom. The van der Waals surface area contributed by atoms with Crippen molar-refractivity contribution in [3.63, 3.8) is 0 Å². The number of rotatable bonds is 1. The highest BCUT2D eigenvalue weighted by atomic mass is 19.1. The van der Waals surface area contributed by atoms with Crippen LogP contribution in [0.4, 0.5) is 4.39 Å². The highest BCUT2D eigenvalue weighted by Gasteiger charge is 2.31. The van der Waals surface area contributed by atoms with Crippen LogP contribution in [0.1, 0.15) is 46.5 Å². The predicted octanol–water partition coefficient (Wildman–Crippen LogP) is 3.56. The van der Waals surface area contributed by atoms with Crippen LogP contribution < -0.4 is 0 Å². The maximum atomic E-state index is 13.3. The summed E-state index contributed by atoms with van der Waals surface area (Å²) in [5, 5.41) is 0. The second-order valence-electron chi connectivity index (χ2n) is 4.49. The number of hydrogen-bond acceptors (Lipinski definition) is 0. The van der Waals surface area contributed by atoms with Crippen LogP contribution in [0.15, 0.2) is 0 Å². The topological polar surface area (TPSA) is 0 Å². The second-order valence-corrected chi connectivity index (χ2v) is 4.49. The lowest BCUT2D eigenvalue weighted by molar-refractivity contribution is 0.0893. The summed E-state index contributed by atoms with van der Waals surface area (Å²) >= 11 is 0. The first-order chi connectivity index (χ1) is 5.01. The van der Waals surface area contributed by atoms with Crippen molar-refractivity contribution >= 4 is 0 Å². The molecule has 1 fully saturated rings. The molecule has 0 N–H and O–H groups in total. The van der Waals surface area contributed by atoms with E-state index in [0.717, 1.165) is 37.5 Å². The maximum Gasteiger partial charge on any atom is 0.108 e. The van der Waals surface area contributed by atoms with Gasteiger partial charge in [0.25, 0.3) is 0 Å². The molecule has 66 valence electrons. The molecule has 1 aliphatic carbocycles. The van der Waals surface area contributed by atoms with Gasteiger partial charge in [-0.3, -0.25) is 0 Å². The molecular formula is C10H19F. The number of hydrogen-bond donors (Lipinski definition) is 0. The lowest BCUT2D eigenvalue weighted by Gasteiger charge is -2.33.